The summed E-state index contributed by atoms with van der Waals surface area (Å²) in [5.74, 6) is 1.27. The van der Waals surface area contributed by atoms with Crippen LogP contribution in [0.5, 0.6) is 11.5 Å². The summed E-state index contributed by atoms with van der Waals surface area (Å²) >= 11 is 6.15. The van der Waals surface area contributed by atoms with Gasteiger partial charge < -0.3 is 10.5 Å². The van der Waals surface area contributed by atoms with E-state index in [0.29, 0.717) is 16.5 Å². The molecule has 2 aromatic rings. The van der Waals surface area contributed by atoms with Crippen molar-refractivity contribution in [2.75, 3.05) is 0 Å². The number of benzene rings is 1. The van der Waals surface area contributed by atoms with E-state index in [1.54, 1.807) is 6.20 Å². The van der Waals surface area contributed by atoms with Gasteiger partial charge in [0.05, 0.1) is 11.2 Å². The van der Waals surface area contributed by atoms with Crippen molar-refractivity contribution in [3.8, 4) is 11.5 Å². The molecule has 0 amide bonds. The second kappa shape index (κ2) is 5.38. The largest absolute Gasteiger partial charge is 0.454 e. The molecule has 0 unspecified atom stereocenters. The lowest BCUT2D eigenvalue weighted by Gasteiger charge is -2.10. The lowest BCUT2D eigenvalue weighted by atomic mass is 10.1. The van der Waals surface area contributed by atoms with Crippen LogP contribution < -0.4 is 10.5 Å². The van der Waals surface area contributed by atoms with Crippen molar-refractivity contribution in [1.82, 2.24) is 4.98 Å². The smallest absolute Gasteiger partial charge is 0.146 e. The molecular weight excluding hydrogens is 248 g/mol. The van der Waals surface area contributed by atoms with Crippen molar-refractivity contribution in [2.24, 2.45) is 5.73 Å². The highest BCUT2D eigenvalue weighted by Crippen LogP contribution is 2.31. The molecule has 1 aromatic heterocycles. The SMILES string of the molecule is Cc1ccc(Oc2ccc([C@@H](C)N)cc2Cl)cn1. The van der Waals surface area contributed by atoms with Crippen LogP contribution in [-0.2, 0) is 0 Å². The summed E-state index contributed by atoms with van der Waals surface area (Å²) in [6.07, 6.45) is 1.67. The first-order valence-corrected chi connectivity index (χ1v) is 6.09. The van der Waals surface area contributed by atoms with Crippen molar-refractivity contribution in [1.29, 1.82) is 0 Å². The molecule has 0 radical (unpaired) electrons. The van der Waals surface area contributed by atoms with Gasteiger partial charge in [-0.05, 0) is 43.7 Å². The molecule has 0 aliphatic carbocycles. The number of hydrogen-bond acceptors (Lipinski definition) is 3. The number of nitrogens with two attached hydrogens (primary N) is 1. The molecule has 0 aliphatic heterocycles. The molecule has 4 heteroatoms. The van der Waals surface area contributed by atoms with E-state index in [4.69, 9.17) is 22.1 Å². The molecule has 94 valence electrons. The molecule has 0 spiro atoms. The van der Waals surface area contributed by atoms with Gasteiger partial charge in [0.25, 0.3) is 0 Å². The van der Waals surface area contributed by atoms with Gasteiger partial charge in [-0.1, -0.05) is 17.7 Å². The highest BCUT2D eigenvalue weighted by molar-refractivity contribution is 6.32. The van der Waals surface area contributed by atoms with Gasteiger partial charge in [0.1, 0.15) is 11.5 Å². The van der Waals surface area contributed by atoms with Crippen LogP contribution >= 0.6 is 11.6 Å². The molecule has 0 saturated heterocycles. The normalized spacial score (nSPS) is 12.2. The van der Waals surface area contributed by atoms with Gasteiger partial charge in [-0.3, -0.25) is 4.98 Å². The molecule has 0 bridgehead atoms. The van der Waals surface area contributed by atoms with Crippen molar-refractivity contribution in [3.05, 3.63) is 52.8 Å². The third kappa shape index (κ3) is 3.00. The maximum Gasteiger partial charge on any atom is 0.146 e. The van der Waals surface area contributed by atoms with Crippen molar-refractivity contribution in [3.63, 3.8) is 0 Å². The fourth-order valence-corrected chi connectivity index (χ4v) is 1.75. The number of pyridine rings is 1. The highest BCUT2D eigenvalue weighted by Gasteiger charge is 2.07. The third-order valence-corrected chi connectivity index (χ3v) is 2.89. The van der Waals surface area contributed by atoms with Gasteiger partial charge in [-0.15, -0.1) is 0 Å². The second-order valence-electron chi connectivity index (χ2n) is 4.22. The number of halogens is 1. The average molecular weight is 263 g/mol. The van der Waals surface area contributed by atoms with E-state index in [1.165, 1.54) is 0 Å². The van der Waals surface area contributed by atoms with Crippen LogP contribution in [0.15, 0.2) is 36.5 Å². The number of hydrogen-bond donors (Lipinski definition) is 1. The summed E-state index contributed by atoms with van der Waals surface area (Å²) in [4.78, 5) is 4.16. The molecule has 1 aromatic carbocycles. The maximum absolute atomic E-state index is 6.15. The summed E-state index contributed by atoms with van der Waals surface area (Å²) in [6, 6.07) is 9.26. The van der Waals surface area contributed by atoms with E-state index in [2.05, 4.69) is 4.98 Å². The zero-order chi connectivity index (χ0) is 13.1. The highest BCUT2D eigenvalue weighted by atomic mass is 35.5. The zero-order valence-corrected chi connectivity index (χ0v) is 11.1. The van der Waals surface area contributed by atoms with Gasteiger partial charge >= 0.3 is 0 Å². The molecular formula is C14H15ClN2O. The fourth-order valence-electron chi connectivity index (χ4n) is 1.52. The number of aromatic nitrogens is 1. The van der Waals surface area contributed by atoms with Gasteiger partial charge in [0.15, 0.2) is 0 Å². The van der Waals surface area contributed by atoms with Crippen molar-refractivity contribution >= 4 is 11.6 Å². The minimum atomic E-state index is -0.0439. The Morgan fingerprint density at radius 3 is 2.61 bits per heavy atom. The van der Waals surface area contributed by atoms with Crippen LogP contribution in [0.25, 0.3) is 0 Å². The Morgan fingerprint density at radius 2 is 2.06 bits per heavy atom. The lowest BCUT2D eigenvalue weighted by Crippen LogP contribution is -2.04. The first kappa shape index (κ1) is 12.9. The van der Waals surface area contributed by atoms with E-state index < -0.39 is 0 Å². The number of aryl methyl sites for hydroxylation is 1. The predicted octanol–water partition coefficient (Wildman–Crippen LogP) is 3.86. The van der Waals surface area contributed by atoms with Crippen LogP contribution in [-0.4, -0.2) is 4.98 Å². The van der Waals surface area contributed by atoms with Gasteiger partial charge in [-0.25, -0.2) is 0 Å². The van der Waals surface area contributed by atoms with Crippen LogP contribution in [0.2, 0.25) is 5.02 Å². The second-order valence-corrected chi connectivity index (χ2v) is 4.62. The molecule has 3 nitrogen and oxygen atoms in total. The minimum Gasteiger partial charge on any atom is -0.454 e. The maximum atomic E-state index is 6.15. The topological polar surface area (TPSA) is 48.1 Å². The van der Waals surface area contributed by atoms with Crippen molar-refractivity contribution in [2.45, 2.75) is 19.9 Å². The molecule has 18 heavy (non-hydrogen) atoms. The standard InChI is InChI=1S/C14H15ClN2O/c1-9-3-5-12(8-17-9)18-14-6-4-11(10(2)16)7-13(14)15/h3-8,10H,16H2,1-2H3/t10-/m1/s1. The van der Waals surface area contributed by atoms with E-state index in [9.17, 15) is 0 Å². The van der Waals surface area contributed by atoms with E-state index in [0.717, 1.165) is 11.3 Å². The molecule has 0 aliphatic rings. The third-order valence-electron chi connectivity index (χ3n) is 2.59. The van der Waals surface area contributed by atoms with E-state index >= 15 is 0 Å². The molecule has 1 atom stereocenters. The van der Waals surface area contributed by atoms with Gasteiger partial charge in [-0.2, -0.15) is 0 Å². The Bertz CT molecular complexity index is 538. The number of rotatable bonds is 3. The summed E-state index contributed by atoms with van der Waals surface area (Å²) in [5, 5.41) is 0.547. The first-order chi connectivity index (χ1) is 8.56. The first-order valence-electron chi connectivity index (χ1n) is 5.72. The molecule has 1 heterocycles. The minimum absolute atomic E-state index is 0.0439. The zero-order valence-electron chi connectivity index (χ0n) is 10.4. The monoisotopic (exact) mass is 262 g/mol. The average Bonchev–Trinajstić information content (AvgIpc) is 2.34. The Kier molecular flexibility index (Phi) is 3.84. The fraction of sp³-hybridized carbons (Fsp3) is 0.214. The van der Waals surface area contributed by atoms with Gasteiger partial charge in [0.2, 0.25) is 0 Å². The molecule has 2 rings (SSSR count). The Labute approximate surface area is 112 Å². The number of ether oxygens (including phenoxy) is 1. The lowest BCUT2D eigenvalue weighted by molar-refractivity contribution is 0.480. The van der Waals surface area contributed by atoms with Gasteiger partial charge in [0, 0.05) is 11.7 Å². The van der Waals surface area contributed by atoms with Crippen LogP contribution in [0.3, 0.4) is 0 Å². The molecule has 2 N–H and O–H groups in total. The molecule has 0 fully saturated rings. The summed E-state index contributed by atoms with van der Waals surface area (Å²) in [7, 11) is 0. The Hall–Kier alpha value is -1.58. The summed E-state index contributed by atoms with van der Waals surface area (Å²) in [5.41, 5.74) is 7.72. The van der Waals surface area contributed by atoms with E-state index in [1.807, 2.05) is 44.2 Å². The Balaban J connectivity index is 2.22. The van der Waals surface area contributed by atoms with Crippen LogP contribution in [0, 0.1) is 6.92 Å². The Morgan fingerprint density at radius 1 is 1.28 bits per heavy atom. The quantitative estimate of drug-likeness (QED) is 0.914. The van der Waals surface area contributed by atoms with Crippen LogP contribution in [0.1, 0.15) is 24.2 Å². The summed E-state index contributed by atoms with van der Waals surface area (Å²) in [6.45, 7) is 3.84. The molecule has 0 saturated carbocycles. The summed E-state index contributed by atoms with van der Waals surface area (Å²) < 4.78 is 5.66. The van der Waals surface area contributed by atoms with E-state index in [-0.39, 0.29) is 6.04 Å². The van der Waals surface area contributed by atoms with Crippen molar-refractivity contribution < 1.29 is 4.74 Å². The predicted molar refractivity (Wildman–Crippen MR) is 73.1 cm³/mol. The number of nitrogens with zero attached hydrogens (tertiary/aromatic N) is 1. The van der Waals surface area contributed by atoms with Crippen LogP contribution in [0.4, 0.5) is 0 Å².